The first-order chi connectivity index (χ1) is 10.5. The molecule has 2 aromatic heterocycles. The summed E-state index contributed by atoms with van der Waals surface area (Å²) in [5.41, 5.74) is 2.97. The monoisotopic (exact) mass is 291 g/mol. The summed E-state index contributed by atoms with van der Waals surface area (Å²) in [4.78, 5) is 4.62. The maximum Gasteiger partial charge on any atom is 0.264 e. The topological polar surface area (TPSA) is 39.2 Å². The number of nitrogens with zero attached hydrogens (tertiary/aromatic N) is 1. The van der Waals surface area contributed by atoms with Gasteiger partial charge in [-0.3, -0.25) is 0 Å². The Morgan fingerprint density at radius 2 is 1.82 bits per heavy atom. The molecule has 0 fully saturated rings. The van der Waals surface area contributed by atoms with E-state index in [-0.39, 0.29) is 5.41 Å². The van der Waals surface area contributed by atoms with Gasteiger partial charge in [0.15, 0.2) is 11.3 Å². The van der Waals surface area contributed by atoms with E-state index in [9.17, 15) is 0 Å². The predicted octanol–water partition coefficient (Wildman–Crippen LogP) is 5.54. The Labute approximate surface area is 128 Å². The fourth-order valence-corrected chi connectivity index (χ4v) is 2.65. The van der Waals surface area contributed by atoms with Crippen LogP contribution >= 0.6 is 0 Å². The average Bonchev–Trinajstić information content (AvgIpc) is 3.08. The van der Waals surface area contributed by atoms with E-state index in [1.807, 2.05) is 30.3 Å². The molecule has 22 heavy (non-hydrogen) atoms. The number of oxazole rings is 1. The van der Waals surface area contributed by atoms with Gasteiger partial charge >= 0.3 is 0 Å². The highest BCUT2D eigenvalue weighted by Crippen LogP contribution is 2.33. The number of benzene rings is 2. The molecule has 3 nitrogen and oxygen atoms in total. The molecular formula is C19H17NO2. The molecule has 0 N–H and O–H groups in total. The van der Waals surface area contributed by atoms with Crippen LogP contribution in [0.4, 0.5) is 0 Å². The van der Waals surface area contributed by atoms with Crippen LogP contribution in [0.15, 0.2) is 57.6 Å². The Bertz CT molecular complexity index is 970. The minimum absolute atomic E-state index is 0.0880. The third-order valence-corrected chi connectivity index (χ3v) is 3.96. The van der Waals surface area contributed by atoms with E-state index in [0.29, 0.717) is 11.7 Å². The zero-order chi connectivity index (χ0) is 15.3. The van der Waals surface area contributed by atoms with Crippen molar-refractivity contribution in [3.63, 3.8) is 0 Å². The zero-order valence-electron chi connectivity index (χ0n) is 12.9. The van der Waals surface area contributed by atoms with E-state index in [1.165, 1.54) is 5.56 Å². The average molecular weight is 291 g/mol. The van der Waals surface area contributed by atoms with Crippen LogP contribution in [-0.4, -0.2) is 4.98 Å². The van der Waals surface area contributed by atoms with Crippen LogP contribution in [0.3, 0.4) is 0 Å². The molecule has 0 aliphatic heterocycles. The molecule has 0 atom stereocenters. The number of fused-ring (bicyclic) bond motifs is 2. The molecule has 0 aliphatic carbocycles. The zero-order valence-corrected chi connectivity index (χ0v) is 12.9. The maximum atomic E-state index is 5.88. The molecule has 2 heterocycles. The number of aromatic nitrogens is 1. The lowest BCUT2D eigenvalue weighted by molar-refractivity contribution is 0.538. The number of hydrogen-bond acceptors (Lipinski definition) is 3. The molecule has 0 aliphatic rings. The van der Waals surface area contributed by atoms with E-state index < -0.39 is 0 Å². The third kappa shape index (κ3) is 2.01. The quantitative estimate of drug-likeness (QED) is 0.462. The van der Waals surface area contributed by atoms with Gasteiger partial charge in [0.25, 0.3) is 5.89 Å². The summed E-state index contributed by atoms with van der Waals surface area (Å²) in [6.45, 7) is 6.57. The summed E-state index contributed by atoms with van der Waals surface area (Å²) < 4.78 is 11.6. The van der Waals surface area contributed by atoms with Crippen LogP contribution < -0.4 is 0 Å². The summed E-state index contributed by atoms with van der Waals surface area (Å²) in [6, 6.07) is 14.2. The second kappa shape index (κ2) is 4.47. The number of rotatable bonds is 1. The molecule has 0 saturated carbocycles. The highest BCUT2D eigenvalue weighted by molar-refractivity contribution is 5.93. The summed E-state index contributed by atoms with van der Waals surface area (Å²) in [5, 5.41) is 2.07. The molecular weight excluding hydrogens is 274 g/mol. The van der Waals surface area contributed by atoms with Crippen LogP contribution in [0.2, 0.25) is 0 Å². The lowest BCUT2D eigenvalue weighted by Gasteiger charge is -2.18. The van der Waals surface area contributed by atoms with Gasteiger partial charge in [0.05, 0.1) is 6.26 Å². The van der Waals surface area contributed by atoms with Crippen molar-refractivity contribution >= 4 is 21.9 Å². The summed E-state index contributed by atoms with van der Waals surface area (Å²) >= 11 is 0. The van der Waals surface area contributed by atoms with Crippen molar-refractivity contribution in [3.8, 4) is 11.7 Å². The molecule has 0 saturated heterocycles. The van der Waals surface area contributed by atoms with Crippen molar-refractivity contribution in [2.24, 2.45) is 0 Å². The van der Waals surface area contributed by atoms with E-state index in [4.69, 9.17) is 8.83 Å². The van der Waals surface area contributed by atoms with Crippen molar-refractivity contribution < 1.29 is 8.83 Å². The van der Waals surface area contributed by atoms with Crippen molar-refractivity contribution in [1.82, 2.24) is 4.98 Å². The molecule has 0 radical (unpaired) electrons. The summed E-state index contributed by atoms with van der Waals surface area (Å²) in [7, 11) is 0. The number of furan rings is 1. The normalized spacial score (nSPS) is 12.3. The fourth-order valence-electron chi connectivity index (χ4n) is 2.65. The Morgan fingerprint density at radius 3 is 2.64 bits per heavy atom. The first kappa shape index (κ1) is 13.1. The maximum absolute atomic E-state index is 5.88. The van der Waals surface area contributed by atoms with Crippen LogP contribution in [0, 0.1) is 0 Å². The number of hydrogen-bond donors (Lipinski definition) is 0. The SMILES string of the molecule is CC(C)(C)c1ccc2oc(-c3occ4ccccc34)nc2c1. The molecule has 0 bridgehead atoms. The fraction of sp³-hybridized carbons (Fsp3) is 0.211. The van der Waals surface area contributed by atoms with Gasteiger partial charge in [-0.1, -0.05) is 51.1 Å². The molecule has 4 aromatic rings. The molecule has 3 heteroatoms. The van der Waals surface area contributed by atoms with Gasteiger partial charge in [0, 0.05) is 10.8 Å². The van der Waals surface area contributed by atoms with E-state index in [1.54, 1.807) is 6.26 Å². The molecule has 4 rings (SSSR count). The first-order valence-electron chi connectivity index (χ1n) is 7.40. The Hall–Kier alpha value is -2.55. The minimum Gasteiger partial charge on any atom is -0.458 e. The third-order valence-electron chi connectivity index (χ3n) is 3.96. The summed E-state index contributed by atoms with van der Waals surface area (Å²) in [5.74, 6) is 1.21. The highest BCUT2D eigenvalue weighted by atomic mass is 16.4. The van der Waals surface area contributed by atoms with Crippen LogP contribution in [-0.2, 0) is 5.41 Å². The lowest BCUT2D eigenvalue weighted by Crippen LogP contribution is -2.10. The van der Waals surface area contributed by atoms with Crippen molar-refractivity contribution in [1.29, 1.82) is 0 Å². The van der Waals surface area contributed by atoms with Crippen molar-refractivity contribution in [3.05, 3.63) is 54.3 Å². The van der Waals surface area contributed by atoms with Crippen molar-refractivity contribution in [2.75, 3.05) is 0 Å². The van der Waals surface area contributed by atoms with Gasteiger partial charge in [0.1, 0.15) is 5.52 Å². The molecule has 110 valence electrons. The van der Waals surface area contributed by atoms with Crippen LogP contribution in [0.1, 0.15) is 26.3 Å². The molecule has 0 amide bonds. The second-order valence-electron chi connectivity index (χ2n) is 6.60. The predicted molar refractivity (Wildman–Crippen MR) is 87.9 cm³/mol. The van der Waals surface area contributed by atoms with Gasteiger partial charge in [-0.2, -0.15) is 0 Å². The minimum atomic E-state index is 0.0880. The molecule has 0 unspecified atom stereocenters. The molecule has 2 aromatic carbocycles. The van der Waals surface area contributed by atoms with Gasteiger partial charge in [-0.15, -0.1) is 0 Å². The Kier molecular flexibility index (Phi) is 2.67. The Balaban J connectivity index is 1.89. The Morgan fingerprint density at radius 1 is 1.00 bits per heavy atom. The van der Waals surface area contributed by atoms with Gasteiger partial charge < -0.3 is 8.83 Å². The largest absolute Gasteiger partial charge is 0.458 e. The van der Waals surface area contributed by atoms with Gasteiger partial charge in [-0.25, -0.2) is 4.98 Å². The first-order valence-corrected chi connectivity index (χ1v) is 7.40. The second-order valence-corrected chi connectivity index (χ2v) is 6.60. The lowest BCUT2D eigenvalue weighted by atomic mass is 9.87. The van der Waals surface area contributed by atoms with Gasteiger partial charge in [0.2, 0.25) is 0 Å². The van der Waals surface area contributed by atoms with Crippen LogP contribution in [0.5, 0.6) is 0 Å². The van der Waals surface area contributed by atoms with Crippen molar-refractivity contribution in [2.45, 2.75) is 26.2 Å². The highest BCUT2D eigenvalue weighted by Gasteiger charge is 2.18. The van der Waals surface area contributed by atoms with E-state index in [0.717, 1.165) is 21.9 Å². The van der Waals surface area contributed by atoms with Crippen LogP contribution in [0.25, 0.3) is 33.5 Å². The van der Waals surface area contributed by atoms with E-state index in [2.05, 4.69) is 37.9 Å². The molecule has 0 spiro atoms. The van der Waals surface area contributed by atoms with E-state index >= 15 is 0 Å². The smallest absolute Gasteiger partial charge is 0.264 e. The summed E-state index contributed by atoms with van der Waals surface area (Å²) in [6.07, 6.45) is 1.74. The van der Waals surface area contributed by atoms with Gasteiger partial charge in [-0.05, 0) is 23.1 Å². The standard InChI is InChI=1S/C19H17NO2/c1-19(2,3)13-8-9-16-15(10-13)20-18(22-16)17-14-7-5-4-6-12(14)11-21-17/h4-11H,1-3H3.